The van der Waals surface area contributed by atoms with Gasteiger partial charge in [-0.25, -0.2) is 4.98 Å². The van der Waals surface area contributed by atoms with Crippen LogP contribution in [0.1, 0.15) is 35.1 Å². The number of ketones is 1. The molecule has 0 aliphatic heterocycles. The van der Waals surface area contributed by atoms with E-state index in [0.717, 1.165) is 11.3 Å². The zero-order valence-electron chi connectivity index (χ0n) is 12.8. The van der Waals surface area contributed by atoms with Gasteiger partial charge in [-0.1, -0.05) is 30.7 Å². The number of aryl methyl sites for hydroxylation is 2. The summed E-state index contributed by atoms with van der Waals surface area (Å²) in [6, 6.07) is 10.4. The van der Waals surface area contributed by atoms with E-state index in [4.69, 9.17) is 11.6 Å². The third-order valence-electron chi connectivity index (χ3n) is 3.84. The number of hydrogen-bond donors (Lipinski definition) is 1. The molecule has 4 nitrogen and oxygen atoms in total. The van der Waals surface area contributed by atoms with Gasteiger partial charge in [0.1, 0.15) is 17.1 Å². The number of rotatable bonds is 5. The summed E-state index contributed by atoms with van der Waals surface area (Å²) in [6.07, 6.45) is 3.51. The Morgan fingerprint density at radius 2 is 2.00 bits per heavy atom. The van der Waals surface area contributed by atoms with Crippen molar-refractivity contribution in [3.8, 4) is 5.75 Å². The number of phenolic OH excluding ortho intramolecular Hbond substituents is 1. The van der Waals surface area contributed by atoms with Crippen LogP contribution < -0.4 is 0 Å². The zero-order valence-corrected chi connectivity index (χ0v) is 13.5. The van der Waals surface area contributed by atoms with Crippen molar-refractivity contribution in [2.24, 2.45) is 0 Å². The number of halogens is 1. The van der Waals surface area contributed by atoms with Crippen LogP contribution in [-0.4, -0.2) is 20.3 Å². The van der Waals surface area contributed by atoms with Crippen LogP contribution >= 0.6 is 11.6 Å². The molecule has 0 saturated heterocycles. The number of hydrogen-bond acceptors (Lipinski definition) is 3. The first kappa shape index (κ1) is 15.6. The molecule has 2 aromatic heterocycles. The quantitative estimate of drug-likeness (QED) is 0.718. The van der Waals surface area contributed by atoms with Crippen molar-refractivity contribution < 1.29 is 9.90 Å². The molecule has 0 radical (unpaired) electrons. The summed E-state index contributed by atoms with van der Waals surface area (Å²) < 4.78 is 1.81. The molecule has 23 heavy (non-hydrogen) atoms. The van der Waals surface area contributed by atoms with Crippen molar-refractivity contribution in [2.75, 3.05) is 0 Å². The van der Waals surface area contributed by atoms with Gasteiger partial charge >= 0.3 is 0 Å². The third kappa shape index (κ3) is 3.22. The SMILES string of the molecule is CCc1nc2cc(Cl)ccn2c1C(=O)CCc1ccc(O)cc1. The third-order valence-corrected chi connectivity index (χ3v) is 4.07. The van der Waals surface area contributed by atoms with Crippen LogP contribution in [0.4, 0.5) is 0 Å². The average Bonchev–Trinajstić information content (AvgIpc) is 2.91. The molecule has 0 atom stereocenters. The van der Waals surface area contributed by atoms with Gasteiger partial charge in [-0.05, 0) is 36.6 Å². The van der Waals surface area contributed by atoms with Crippen molar-refractivity contribution in [3.05, 3.63) is 64.6 Å². The van der Waals surface area contributed by atoms with Gasteiger partial charge in [0.15, 0.2) is 5.78 Å². The molecule has 0 amide bonds. The van der Waals surface area contributed by atoms with E-state index in [1.807, 2.05) is 23.5 Å². The standard InChI is InChI=1S/C18H17ClN2O2/c1-2-15-18(21-10-9-13(19)11-17(21)20-15)16(23)8-5-12-3-6-14(22)7-4-12/h3-4,6-7,9-11,22H,2,5,8H2,1H3. The van der Waals surface area contributed by atoms with E-state index >= 15 is 0 Å². The molecule has 3 aromatic rings. The summed E-state index contributed by atoms with van der Waals surface area (Å²) in [5.41, 5.74) is 3.15. The second-order valence-electron chi connectivity index (χ2n) is 5.42. The molecule has 0 bridgehead atoms. The summed E-state index contributed by atoms with van der Waals surface area (Å²) in [4.78, 5) is 17.2. The van der Waals surface area contributed by atoms with Crippen LogP contribution in [-0.2, 0) is 12.8 Å². The fraction of sp³-hybridized carbons (Fsp3) is 0.222. The van der Waals surface area contributed by atoms with E-state index in [1.54, 1.807) is 30.5 Å². The van der Waals surface area contributed by atoms with Crippen molar-refractivity contribution in [1.29, 1.82) is 0 Å². The first-order chi connectivity index (χ1) is 11.1. The van der Waals surface area contributed by atoms with Crippen LogP contribution in [0.3, 0.4) is 0 Å². The Labute approximate surface area is 139 Å². The van der Waals surface area contributed by atoms with Crippen LogP contribution in [0.25, 0.3) is 5.65 Å². The van der Waals surface area contributed by atoms with E-state index in [1.165, 1.54) is 0 Å². The second-order valence-corrected chi connectivity index (χ2v) is 5.86. The van der Waals surface area contributed by atoms with Gasteiger partial charge in [0, 0.05) is 23.7 Å². The number of carbonyl (C=O) groups excluding carboxylic acids is 1. The van der Waals surface area contributed by atoms with Crippen LogP contribution in [0.15, 0.2) is 42.6 Å². The van der Waals surface area contributed by atoms with E-state index in [9.17, 15) is 9.90 Å². The minimum atomic E-state index is 0.0600. The maximum absolute atomic E-state index is 12.7. The number of nitrogens with zero attached hydrogens (tertiary/aromatic N) is 2. The molecule has 2 heterocycles. The lowest BCUT2D eigenvalue weighted by Gasteiger charge is -2.04. The first-order valence-corrected chi connectivity index (χ1v) is 7.94. The fourth-order valence-corrected chi connectivity index (χ4v) is 2.80. The Morgan fingerprint density at radius 3 is 2.70 bits per heavy atom. The summed E-state index contributed by atoms with van der Waals surface area (Å²) >= 11 is 6.00. The minimum absolute atomic E-state index is 0.0600. The van der Waals surface area contributed by atoms with Crippen molar-refractivity contribution in [3.63, 3.8) is 0 Å². The highest BCUT2D eigenvalue weighted by Crippen LogP contribution is 2.20. The Bertz CT molecular complexity index is 853. The summed E-state index contributed by atoms with van der Waals surface area (Å²) in [5, 5.41) is 9.91. The number of aromatic hydroxyl groups is 1. The highest BCUT2D eigenvalue weighted by molar-refractivity contribution is 6.30. The van der Waals surface area contributed by atoms with Crippen LogP contribution in [0, 0.1) is 0 Å². The number of fused-ring (bicyclic) bond motifs is 1. The van der Waals surface area contributed by atoms with E-state index < -0.39 is 0 Å². The number of Topliss-reactive ketones (excluding diaryl/α,β-unsaturated/α-hetero) is 1. The average molecular weight is 329 g/mol. The van der Waals surface area contributed by atoms with Crippen molar-refractivity contribution in [2.45, 2.75) is 26.2 Å². The molecule has 0 aliphatic carbocycles. The number of aromatic nitrogens is 2. The largest absolute Gasteiger partial charge is 0.508 e. The van der Waals surface area contributed by atoms with E-state index in [2.05, 4.69) is 4.98 Å². The maximum atomic E-state index is 12.7. The molecule has 0 aliphatic rings. The summed E-state index contributed by atoms with van der Waals surface area (Å²) in [6.45, 7) is 1.99. The first-order valence-electron chi connectivity index (χ1n) is 7.56. The normalized spacial score (nSPS) is 11.0. The molecule has 0 fully saturated rings. The Morgan fingerprint density at radius 1 is 1.26 bits per heavy atom. The van der Waals surface area contributed by atoms with Gasteiger partial charge in [-0.2, -0.15) is 0 Å². The topological polar surface area (TPSA) is 54.6 Å². The molecule has 0 unspecified atom stereocenters. The number of benzene rings is 1. The molecule has 3 rings (SSSR count). The smallest absolute Gasteiger partial charge is 0.181 e. The predicted molar refractivity (Wildman–Crippen MR) is 90.3 cm³/mol. The lowest BCUT2D eigenvalue weighted by molar-refractivity contribution is 0.0976. The number of pyridine rings is 1. The van der Waals surface area contributed by atoms with Crippen molar-refractivity contribution >= 4 is 23.0 Å². The molecule has 1 N–H and O–H groups in total. The van der Waals surface area contributed by atoms with Crippen LogP contribution in [0.2, 0.25) is 5.02 Å². The van der Waals surface area contributed by atoms with Crippen LogP contribution in [0.5, 0.6) is 5.75 Å². The van der Waals surface area contributed by atoms with Gasteiger partial charge < -0.3 is 5.11 Å². The zero-order chi connectivity index (χ0) is 16.4. The molecule has 5 heteroatoms. The lowest BCUT2D eigenvalue weighted by atomic mass is 10.0. The summed E-state index contributed by atoms with van der Waals surface area (Å²) in [5.74, 6) is 0.289. The molecule has 1 aromatic carbocycles. The Balaban J connectivity index is 1.86. The number of phenols is 1. The lowest BCUT2D eigenvalue weighted by Crippen LogP contribution is -2.07. The fourth-order valence-electron chi connectivity index (χ4n) is 2.65. The van der Waals surface area contributed by atoms with Gasteiger partial charge in [0.25, 0.3) is 0 Å². The van der Waals surface area contributed by atoms with Gasteiger partial charge in [-0.3, -0.25) is 9.20 Å². The predicted octanol–water partition coefficient (Wildman–Crippen LogP) is 4.07. The minimum Gasteiger partial charge on any atom is -0.508 e. The molecular formula is C18H17ClN2O2. The highest BCUT2D eigenvalue weighted by Gasteiger charge is 2.18. The van der Waals surface area contributed by atoms with Gasteiger partial charge in [0.05, 0.1) is 5.69 Å². The van der Waals surface area contributed by atoms with Gasteiger partial charge in [-0.15, -0.1) is 0 Å². The monoisotopic (exact) mass is 328 g/mol. The van der Waals surface area contributed by atoms with E-state index in [0.29, 0.717) is 35.6 Å². The molecule has 118 valence electrons. The molecule has 0 saturated carbocycles. The maximum Gasteiger partial charge on any atom is 0.181 e. The molecule has 0 spiro atoms. The highest BCUT2D eigenvalue weighted by atomic mass is 35.5. The van der Waals surface area contributed by atoms with Crippen molar-refractivity contribution in [1.82, 2.24) is 9.38 Å². The number of imidazole rings is 1. The second kappa shape index (κ2) is 6.42. The Hall–Kier alpha value is -2.33. The van der Waals surface area contributed by atoms with E-state index in [-0.39, 0.29) is 11.5 Å². The van der Waals surface area contributed by atoms with Gasteiger partial charge in [0.2, 0.25) is 0 Å². The Kier molecular flexibility index (Phi) is 4.35. The molecular weight excluding hydrogens is 312 g/mol. The number of carbonyl (C=O) groups is 1. The summed E-state index contributed by atoms with van der Waals surface area (Å²) in [7, 11) is 0.